The van der Waals surface area contributed by atoms with Crippen LogP contribution in [0.4, 0.5) is 0 Å². The summed E-state index contributed by atoms with van der Waals surface area (Å²) in [4.78, 5) is 20.3. The molecule has 0 saturated carbocycles. The first kappa shape index (κ1) is 20.6. The summed E-state index contributed by atoms with van der Waals surface area (Å²) in [6.07, 6.45) is 2.33. The highest BCUT2D eigenvalue weighted by atomic mass is 35.5. The van der Waals surface area contributed by atoms with Crippen molar-refractivity contribution in [3.8, 4) is 5.69 Å². The van der Waals surface area contributed by atoms with Crippen molar-refractivity contribution in [1.82, 2.24) is 24.2 Å². The van der Waals surface area contributed by atoms with Crippen LogP contribution >= 0.6 is 11.6 Å². The fourth-order valence-corrected chi connectivity index (χ4v) is 5.24. The van der Waals surface area contributed by atoms with Crippen molar-refractivity contribution in [2.45, 2.75) is 26.3 Å². The maximum Gasteiger partial charge on any atom is 0.225 e. The summed E-state index contributed by atoms with van der Waals surface area (Å²) in [6, 6.07) is 7.26. The zero-order valence-electron chi connectivity index (χ0n) is 18.9. The summed E-state index contributed by atoms with van der Waals surface area (Å²) in [5, 5.41) is 9.49. The Labute approximate surface area is 196 Å². The molecule has 33 heavy (non-hydrogen) atoms. The Morgan fingerprint density at radius 3 is 2.58 bits per heavy atom. The third-order valence-electron chi connectivity index (χ3n) is 7.08. The van der Waals surface area contributed by atoms with Gasteiger partial charge in [-0.2, -0.15) is 0 Å². The average molecular weight is 465 g/mol. The van der Waals surface area contributed by atoms with Crippen LogP contribution in [0.25, 0.3) is 5.69 Å². The molecule has 1 aromatic carbocycles. The number of carbonyl (C=O) groups excluding carboxylic acids is 1. The summed E-state index contributed by atoms with van der Waals surface area (Å²) >= 11 is 6.16. The molecule has 9 heteroatoms. The van der Waals surface area contributed by atoms with E-state index in [4.69, 9.17) is 21.3 Å². The number of benzene rings is 1. The maximum absolute atomic E-state index is 13.2. The van der Waals surface area contributed by atoms with E-state index in [0.717, 1.165) is 60.3 Å². The molecule has 0 radical (unpaired) electrons. The smallest absolute Gasteiger partial charge is 0.225 e. The largest absolute Gasteiger partial charge is 0.380 e. The van der Waals surface area contributed by atoms with Crippen molar-refractivity contribution >= 4 is 23.2 Å². The van der Waals surface area contributed by atoms with Crippen LogP contribution in [0.2, 0.25) is 5.02 Å². The van der Waals surface area contributed by atoms with Gasteiger partial charge in [-0.3, -0.25) is 14.4 Å². The van der Waals surface area contributed by atoms with Gasteiger partial charge in [-0.15, -0.1) is 10.2 Å². The van der Waals surface area contributed by atoms with Gasteiger partial charge >= 0.3 is 0 Å². The van der Waals surface area contributed by atoms with Crippen molar-refractivity contribution in [2.75, 3.05) is 26.3 Å². The summed E-state index contributed by atoms with van der Waals surface area (Å²) < 4.78 is 9.48. The molecule has 3 aliphatic rings. The van der Waals surface area contributed by atoms with Crippen molar-refractivity contribution in [3.63, 3.8) is 0 Å². The molecular weight excluding hydrogens is 440 g/mol. The van der Waals surface area contributed by atoms with Crippen molar-refractivity contribution in [2.24, 2.45) is 17.5 Å². The lowest BCUT2D eigenvalue weighted by atomic mass is 9.78. The highest BCUT2D eigenvalue weighted by molar-refractivity contribution is 6.30. The van der Waals surface area contributed by atoms with Gasteiger partial charge in [-0.1, -0.05) is 23.7 Å². The lowest BCUT2D eigenvalue weighted by Gasteiger charge is -2.55. The number of likely N-dealkylation sites (tertiary alicyclic amines) is 1. The number of aromatic nitrogens is 4. The topological polar surface area (TPSA) is 77.5 Å². The fraction of sp³-hybridized carbons (Fsp3) is 0.417. The van der Waals surface area contributed by atoms with Crippen molar-refractivity contribution in [1.29, 1.82) is 0 Å². The molecule has 1 unspecified atom stereocenters. The lowest BCUT2D eigenvalue weighted by Crippen LogP contribution is -2.67. The SMILES string of the molecule is Cc1c2c(cn1C)-n1c(C)nnc1C(CC(=O)N1CC3(COC3)C1)N=C2c1ccc(Cl)cc1. The summed E-state index contributed by atoms with van der Waals surface area (Å²) in [5.74, 6) is 1.56. The molecule has 2 saturated heterocycles. The Balaban J connectivity index is 1.44. The molecule has 1 atom stereocenters. The molecule has 0 N–H and O–H groups in total. The second-order valence-electron chi connectivity index (χ2n) is 9.47. The monoisotopic (exact) mass is 464 g/mol. The first-order valence-electron chi connectivity index (χ1n) is 11.1. The van der Waals surface area contributed by atoms with E-state index in [-0.39, 0.29) is 17.7 Å². The molecule has 1 spiro atoms. The average Bonchev–Trinajstić information content (AvgIpc) is 3.19. The zero-order valence-corrected chi connectivity index (χ0v) is 19.6. The van der Waals surface area contributed by atoms with E-state index in [1.807, 2.05) is 47.7 Å². The maximum atomic E-state index is 13.2. The number of nitrogens with zero attached hydrogens (tertiary/aromatic N) is 6. The number of aryl methyl sites for hydroxylation is 2. The molecule has 170 valence electrons. The minimum atomic E-state index is -0.435. The Morgan fingerprint density at radius 2 is 1.91 bits per heavy atom. The molecule has 0 bridgehead atoms. The van der Waals surface area contributed by atoms with E-state index in [9.17, 15) is 4.79 Å². The van der Waals surface area contributed by atoms with Gasteiger partial charge in [0.05, 0.1) is 36.4 Å². The number of halogens is 1. The van der Waals surface area contributed by atoms with Crippen molar-refractivity contribution in [3.05, 3.63) is 64.0 Å². The van der Waals surface area contributed by atoms with Crippen LogP contribution in [-0.2, 0) is 16.6 Å². The van der Waals surface area contributed by atoms with Crippen LogP contribution in [0.15, 0.2) is 35.5 Å². The second-order valence-corrected chi connectivity index (χ2v) is 9.91. The predicted molar refractivity (Wildman–Crippen MR) is 124 cm³/mol. The van der Waals surface area contributed by atoms with E-state index in [1.165, 1.54) is 0 Å². The van der Waals surface area contributed by atoms with E-state index < -0.39 is 6.04 Å². The molecule has 1 amide bonds. The molecular formula is C24H25ClN6O2. The Bertz CT molecular complexity index is 1290. The standard InChI is InChI=1S/C24H25ClN6O2/c1-14-21-19(9-29(14)3)31-15(2)27-28-23(31)18(26-22(21)16-4-6-17(25)7-5-16)8-20(32)30-10-24(11-30)12-33-13-24/h4-7,9,18H,8,10-13H2,1-3H3. The Kier molecular flexibility index (Phi) is 4.54. The van der Waals surface area contributed by atoms with Gasteiger partial charge in [0.25, 0.3) is 0 Å². The predicted octanol–water partition coefficient (Wildman–Crippen LogP) is 3.02. The highest BCUT2D eigenvalue weighted by Gasteiger charge is 2.50. The van der Waals surface area contributed by atoms with Gasteiger partial charge in [0.2, 0.25) is 5.91 Å². The van der Waals surface area contributed by atoms with E-state index in [1.54, 1.807) is 0 Å². The summed E-state index contributed by atoms with van der Waals surface area (Å²) in [7, 11) is 2.02. The number of hydrogen-bond donors (Lipinski definition) is 0. The number of rotatable bonds is 3. The van der Waals surface area contributed by atoms with E-state index in [0.29, 0.717) is 10.8 Å². The number of aliphatic imine (C=N–C) groups is 1. The third-order valence-corrected chi connectivity index (χ3v) is 7.33. The van der Waals surface area contributed by atoms with Gasteiger partial charge in [-0.05, 0) is 26.0 Å². The molecule has 3 aromatic rings. The molecule has 8 nitrogen and oxygen atoms in total. The third kappa shape index (κ3) is 3.15. The fourth-order valence-electron chi connectivity index (χ4n) is 5.11. The molecule has 2 aromatic heterocycles. The summed E-state index contributed by atoms with van der Waals surface area (Å²) in [6.45, 7) is 7.04. The van der Waals surface area contributed by atoms with Crippen LogP contribution in [0.3, 0.4) is 0 Å². The quantitative estimate of drug-likeness (QED) is 0.597. The van der Waals surface area contributed by atoms with Crippen LogP contribution in [0.5, 0.6) is 0 Å². The van der Waals surface area contributed by atoms with Gasteiger partial charge in [0, 0.05) is 48.2 Å². The molecule has 5 heterocycles. The van der Waals surface area contributed by atoms with Crippen molar-refractivity contribution < 1.29 is 9.53 Å². The molecule has 2 fully saturated rings. The van der Waals surface area contributed by atoms with Gasteiger partial charge in [-0.25, -0.2) is 0 Å². The van der Waals surface area contributed by atoms with E-state index >= 15 is 0 Å². The number of ether oxygens (including phenoxy) is 1. The number of hydrogen-bond acceptors (Lipinski definition) is 5. The minimum Gasteiger partial charge on any atom is -0.380 e. The number of carbonyl (C=O) groups is 1. The second kappa shape index (κ2) is 7.27. The minimum absolute atomic E-state index is 0.0905. The van der Waals surface area contributed by atoms with Gasteiger partial charge < -0.3 is 14.2 Å². The lowest BCUT2D eigenvalue weighted by molar-refractivity contribution is -0.195. The highest BCUT2D eigenvalue weighted by Crippen LogP contribution is 2.40. The molecule has 3 aliphatic heterocycles. The van der Waals surface area contributed by atoms with Crippen LogP contribution in [0.1, 0.15) is 40.9 Å². The first-order chi connectivity index (χ1) is 15.8. The zero-order chi connectivity index (χ0) is 22.9. The van der Waals surface area contributed by atoms with Crippen LogP contribution < -0.4 is 0 Å². The number of fused-ring (bicyclic) bond motifs is 3. The Morgan fingerprint density at radius 1 is 1.18 bits per heavy atom. The van der Waals surface area contributed by atoms with E-state index in [2.05, 4.69) is 27.9 Å². The van der Waals surface area contributed by atoms with Gasteiger partial charge in [0.1, 0.15) is 11.9 Å². The van der Waals surface area contributed by atoms with Gasteiger partial charge in [0.15, 0.2) is 5.82 Å². The first-order valence-corrected chi connectivity index (χ1v) is 11.5. The normalized spacial score (nSPS) is 20.4. The molecule has 6 rings (SSSR count). The molecule has 0 aliphatic carbocycles. The van der Waals surface area contributed by atoms with Crippen LogP contribution in [-0.4, -0.2) is 62.2 Å². The number of amides is 1. The Hall–Kier alpha value is -2.97. The summed E-state index contributed by atoms with van der Waals surface area (Å²) in [5.41, 5.74) is 5.06. The van der Waals surface area contributed by atoms with Crippen LogP contribution in [0, 0.1) is 19.3 Å².